The molecular weight excluding hydrogens is 407 g/mol. The second-order valence-electron chi connectivity index (χ2n) is 6.63. The molecule has 2 rings (SSSR count). The van der Waals surface area contributed by atoms with E-state index >= 15 is 0 Å². The number of hydrogen-bond donors (Lipinski definition) is 2. The molecular formula is C19H25ClF3N5O. The van der Waals surface area contributed by atoms with Crippen LogP contribution in [0.25, 0.3) is 0 Å². The van der Waals surface area contributed by atoms with Crippen LogP contribution in [0.5, 0.6) is 0 Å². The van der Waals surface area contributed by atoms with Gasteiger partial charge in [0.2, 0.25) is 0 Å². The quantitative estimate of drug-likeness (QED) is 0.587. The molecule has 0 aliphatic carbocycles. The van der Waals surface area contributed by atoms with E-state index in [1.54, 1.807) is 18.2 Å². The Morgan fingerprint density at radius 3 is 2.52 bits per heavy atom. The zero-order valence-corrected chi connectivity index (χ0v) is 17.1. The summed E-state index contributed by atoms with van der Waals surface area (Å²) in [7, 11) is 0. The summed E-state index contributed by atoms with van der Waals surface area (Å²) in [5, 5.41) is 5.83. The van der Waals surface area contributed by atoms with Crippen LogP contribution in [0.3, 0.4) is 0 Å². The number of aromatic nitrogens is 2. The van der Waals surface area contributed by atoms with Gasteiger partial charge in [0, 0.05) is 42.0 Å². The number of hydrogen-bond acceptors (Lipinski definition) is 4. The van der Waals surface area contributed by atoms with E-state index in [4.69, 9.17) is 17.3 Å². The van der Waals surface area contributed by atoms with E-state index in [-0.39, 0.29) is 12.2 Å². The van der Waals surface area contributed by atoms with Crippen molar-refractivity contribution in [2.75, 3.05) is 31.9 Å². The van der Waals surface area contributed by atoms with Crippen molar-refractivity contribution in [1.29, 1.82) is 0 Å². The first-order valence-corrected chi connectivity index (χ1v) is 9.72. The molecule has 0 saturated heterocycles. The van der Waals surface area contributed by atoms with Gasteiger partial charge in [0.25, 0.3) is 5.91 Å². The van der Waals surface area contributed by atoms with Crippen LogP contribution in [-0.4, -0.2) is 52.1 Å². The Balaban J connectivity index is 2.28. The second kappa shape index (κ2) is 9.98. The first-order valence-electron chi connectivity index (χ1n) is 9.34. The zero-order chi connectivity index (χ0) is 21.6. The van der Waals surface area contributed by atoms with Crippen LogP contribution in [0.2, 0.25) is 5.02 Å². The average Bonchev–Trinajstić information content (AvgIpc) is 3.16. The van der Waals surface area contributed by atoms with E-state index in [1.807, 2.05) is 12.0 Å². The van der Waals surface area contributed by atoms with Gasteiger partial charge < -0.3 is 15.5 Å². The summed E-state index contributed by atoms with van der Waals surface area (Å²) in [6.45, 7) is 6.65. The molecule has 6 nitrogen and oxygen atoms in total. The number of benzene rings is 1. The molecule has 0 aliphatic rings. The van der Waals surface area contributed by atoms with Crippen LogP contribution in [-0.2, 0) is 12.7 Å². The van der Waals surface area contributed by atoms with Gasteiger partial charge in [-0.2, -0.15) is 18.3 Å². The average molecular weight is 432 g/mol. The number of rotatable bonds is 9. The number of halogens is 4. The number of anilines is 1. The fraction of sp³-hybridized carbons (Fsp3) is 0.474. The number of likely N-dealkylation sites (N-methyl/N-ethyl adjacent to an activating group) is 1. The predicted molar refractivity (Wildman–Crippen MR) is 107 cm³/mol. The number of nitrogen functional groups attached to an aromatic ring is 1. The molecule has 0 radical (unpaired) electrons. The minimum atomic E-state index is -4.61. The van der Waals surface area contributed by atoms with Gasteiger partial charge in [-0.15, -0.1) is 0 Å². The lowest BCUT2D eigenvalue weighted by atomic mass is 10.1. The lowest BCUT2D eigenvalue weighted by Crippen LogP contribution is -2.39. The Hall–Kier alpha value is -2.26. The maximum Gasteiger partial charge on any atom is 0.432 e. The van der Waals surface area contributed by atoms with Gasteiger partial charge in [-0.25, -0.2) is 0 Å². The van der Waals surface area contributed by atoms with Crippen molar-refractivity contribution in [3.05, 3.63) is 46.2 Å². The van der Waals surface area contributed by atoms with Crippen LogP contribution in [0.4, 0.5) is 18.9 Å². The topological polar surface area (TPSA) is 78.2 Å². The van der Waals surface area contributed by atoms with Crippen LogP contribution < -0.4 is 5.73 Å². The van der Waals surface area contributed by atoms with Crippen LogP contribution >= 0.6 is 11.6 Å². The van der Waals surface area contributed by atoms with Crippen molar-refractivity contribution in [3.8, 4) is 0 Å². The number of nitrogens with zero attached hydrogens (tertiary/aromatic N) is 3. The summed E-state index contributed by atoms with van der Waals surface area (Å²) in [6.07, 6.45) is -3.66. The lowest BCUT2D eigenvalue weighted by molar-refractivity contribution is -0.141. The van der Waals surface area contributed by atoms with Gasteiger partial charge in [0.05, 0.1) is 0 Å². The van der Waals surface area contributed by atoms with E-state index in [9.17, 15) is 18.0 Å². The summed E-state index contributed by atoms with van der Waals surface area (Å²) < 4.78 is 38.6. The Kier molecular flexibility index (Phi) is 7.92. The lowest BCUT2D eigenvalue weighted by Gasteiger charge is -2.27. The standard InChI is InChI=1S/C19H25ClF3N5O/c1-3-8-27(4-2)9-10-28(12-13-14(20)6-5-7-15(13)24)18(29)16-11-17(26-25-16)19(21,22)23/h5-7,11H,3-4,8-10,12,24H2,1-2H3,(H,25,26). The minimum Gasteiger partial charge on any atom is -0.398 e. The number of aromatic amines is 1. The summed E-state index contributed by atoms with van der Waals surface area (Å²) >= 11 is 6.23. The molecule has 1 amide bonds. The molecule has 0 fully saturated rings. The van der Waals surface area contributed by atoms with Crippen molar-refractivity contribution in [3.63, 3.8) is 0 Å². The fourth-order valence-electron chi connectivity index (χ4n) is 2.93. The summed E-state index contributed by atoms with van der Waals surface area (Å²) in [4.78, 5) is 16.5. The Morgan fingerprint density at radius 1 is 1.24 bits per heavy atom. The Morgan fingerprint density at radius 2 is 1.97 bits per heavy atom. The molecule has 29 heavy (non-hydrogen) atoms. The molecule has 3 N–H and O–H groups in total. The van der Waals surface area contributed by atoms with Gasteiger partial charge >= 0.3 is 6.18 Å². The SMILES string of the molecule is CCCN(CC)CCN(Cc1c(N)cccc1Cl)C(=O)c1cc(C(F)(F)F)[nH]n1. The Labute approximate surface area is 172 Å². The molecule has 0 saturated carbocycles. The van der Waals surface area contributed by atoms with E-state index in [0.29, 0.717) is 29.4 Å². The fourth-order valence-corrected chi connectivity index (χ4v) is 3.17. The van der Waals surface area contributed by atoms with Gasteiger partial charge in [-0.3, -0.25) is 9.89 Å². The van der Waals surface area contributed by atoms with E-state index in [0.717, 1.165) is 25.6 Å². The number of carbonyl (C=O) groups excluding carboxylic acids is 1. The largest absolute Gasteiger partial charge is 0.432 e. The molecule has 10 heteroatoms. The third-order valence-electron chi connectivity index (χ3n) is 4.57. The van der Waals surface area contributed by atoms with Gasteiger partial charge in [0.1, 0.15) is 5.69 Å². The highest BCUT2D eigenvalue weighted by atomic mass is 35.5. The molecule has 0 unspecified atom stereocenters. The van der Waals surface area contributed by atoms with Crippen molar-refractivity contribution in [2.45, 2.75) is 33.0 Å². The maximum absolute atomic E-state index is 12.9. The van der Waals surface area contributed by atoms with Crippen molar-refractivity contribution in [2.24, 2.45) is 0 Å². The zero-order valence-electron chi connectivity index (χ0n) is 16.4. The Bertz CT molecular complexity index is 804. The molecule has 160 valence electrons. The highest BCUT2D eigenvalue weighted by Crippen LogP contribution is 2.28. The molecule has 2 aromatic rings. The number of carbonyl (C=O) groups is 1. The summed E-state index contributed by atoms with van der Waals surface area (Å²) in [5.74, 6) is -0.622. The second-order valence-corrected chi connectivity index (χ2v) is 7.04. The third-order valence-corrected chi connectivity index (χ3v) is 4.92. The van der Waals surface area contributed by atoms with E-state index in [1.165, 1.54) is 4.90 Å². The molecule has 1 aromatic carbocycles. The van der Waals surface area contributed by atoms with Crippen LogP contribution in [0.1, 0.15) is 42.0 Å². The summed E-state index contributed by atoms with van der Waals surface area (Å²) in [5.41, 5.74) is 5.58. The highest BCUT2D eigenvalue weighted by molar-refractivity contribution is 6.31. The molecule has 0 bridgehead atoms. The van der Waals surface area contributed by atoms with Crippen molar-refractivity contribution >= 4 is 23.2 Å². The smallest absolute Gasteiger partial charge is 0.398 e. The number of amides is 1. The van der Waals surface area contributed by atoms with E-state index < -0.39 is 17.8 Å². The molecule has 0 spiro atoms. The first-order chi connectivity index (χ1) is 13.7. The van der Waals surface area contributed by atoms with Crippen LogP contribution in [0, 0.1) is 0 Å². The maximum atomic E-state index is 12.9. The summed E-state index contributed by atoms with van der Waals surface area (Å²) in [6, 6.07) is 5.73. The van der Waals surface area contributed by atoms with Gasteiger partial charge in [-0.1, -0.05) is 31.5 Å². The third kappa shape index (κ3) is 6.11. The number of alkyl halides is 3. The molecule has 0 atom stereocenters. The first kappa shape index (κ1) is 23.0. The van der Waals surface area contributed by atoms with Crippen molar-refractivity contribution < 1.29 is 18.0 Å². The number of H-pyrrole nitrogens is 1. The molecule has 1 aromatic heterocycles. The number of nitrogens with two attached hydrogens (primary N) is 1. The normalized spacial score (nSPS) is 11.8. The highest BCUT2D eigenvalue weighted by Gasteiger charge is 2.34. The van der Waals surface area contributed by atoms with Gasteiger partial charge in [0.15, 0.2) is 5.69 Å². The number of nitrogens with one attached hydrogen (secondary N) is 1. The molecule has 0 aliphatic heterocycles. The van der Waals surface area contributed by atoms with Crippen molar-refractivity contribution in [1.82, 2.24) is 20.0 Å². The van der Waals surface area contributed by atoms with E-state index in [2.05, 4.69) is 16.9 Å². The van der Waals surface area contributed by atoms with Crippen LogP contribution in [0.15, 0.2) is 24.3 Å². The molecule has 1 heterocycles. The van der Waals surface area contributed by atoms with Gasteiger partial charge in [-0.05, 0) is 31.6 Å². The predicted octanol–water partition coefficient (Wildman–Crippen LogP) is 4.04. The monoisotopic (exact) mass is 431 g/mol. The minimum absolute atomic E-state index is 0.0717.